The Morgan fingerprint density at radius 3 is 2.38 bits per heavy atom. The Balaban J connectivity index is 1.73. The molecule has 176 valence electrons. The SMILES string of the molecule is C#CC1(OC(C)=O)C(O)C[C@H]2[C@@H]3C(O)C=C4C(O)C(OC(C)=O)CC[C@]4(C)[C@@H]3CC[C@@]21C. The summed E-state index contributed by atoms with van der Waals surface area (Å²) in [6.07, 6.45) is 7.10. The van der Waals surface area contributed by atoms with Crippen LogP contribution in [0.5, 0.6) is 0 Å². The van der Waals surface area contributed by atoms with Crippen molar-refractivity contribution in [2.24, 2.45) is 28.6 Å². The third kappa shape index (κ3) is 2.99. The van der Waals surface area contributed by atoms with E-state index in [-0.39, 0.29) is 23.2 Å². The summed E-state index contributed by atoms with van der Waals surface area (Å²) in [4.78, 5) is 23.4. The smallest absolute Gasteiger partial charge is 0.304 e. The predicted octanol–water partition coefficient (Wildman–Crippen LogP) is 1.73. The highest BCUT2D eigenvalue weighted by atomic mass is 16.6. The molecule has 4 aliphatic rings. The molecule has 4 aliphatic carbocycles. The van der Waals surface area contributed by atoms with Crippen LogP contribution in [0.2, 0.25) is 0 Å². The molecule has 3 fully saturated rings. The summed E-state index contributed by atoms with van der Waals surface area (Å²) < 4.78 is 11.0. The molecule has 0 radical (unpaired) electrons. The Morgan fingerprint density at radius 2 is 1.78 bits per heavy atom. The first-order valence-electron chi connectivity index (χ1n) is 11.5. The van der Waals surface area contributed by atoms with Gasteiger partial charge in [0.05, 0.1) is 6.10 Å². The molecule has 0 aliphatic heterocycles. The van der Waals surface area contributed by atoms with E-state index >= 15 is 0 Å². The monoisotopic (exact) mass is 446 g/mol. The van der Waals surface area contributed by atoms with Gasteiger partial charge in [0, 0.05) is 19.3 Å². The van der Waals surface area contributed by atoms with Crippen LogP contribution in [0.15, 0.2) is 11.6 Å². The van der Waals surface area contributed by atoms with Crippen LogP contribution in [-0.2, 0) is 19.1 Å². The van der Waals surface area contributed by atoms with E-state index in [1.54, 1.807) is 6.08 Å². The zero-order valence-electron chi connectivity index (χ0n) is 19.2. The van der Waals surface area contributed by atoms with Crippen molar-refractivity contribution in [3.05, 3.63) is 11.6 Å². The summed E-state index contributed by atoms with van der Waals surface area (Å²) in [6.45, 7) is 6.70. The summed E-state index contributed by atoms with van der Waals surface area (Å²) in [5.74, 6) is 1.37. The topological polar surface area (TPSA) is 113 Å². The number of aliphatic hydroxyl groups excluding tert-OH is 3. The van der Waals surface area contributed by atoms with E-state index in [9.17, 15) is 24.9 Å². The molecule has 0 aromatic rings. The number of carbonyl (C=O) groups is 2. The van der Waals surface area contributed by atoms with Crippen molar-refractivity contribution in [1.29, 1.82) is 0 Å². The minimum atomic E-state index is -1.43. The van der Waals surface area contributed by atoms with Gasteiger partial charge in [0.1, 0.15) is 18.3 Å². The third-order valence-electron chi connectivity index (χ3n) is 9.20. The number of hydrogen-bond acceptors (Lipinski definition) is 7. The minimum absolute atomic E-state index is 0.0570. The largest absolute Gasteiger partial charge is 0.459 e. The van der Waals surface area contributed by atoms with Gasteiger partial charge in [-0.25, -0.2) is 0 Å². The number of terminal acetylenes is 1. The lowest BCUT2D eigenvalue weighted by atomic mass is 9.46. The standard InChI is InChI=1S/C25H34O7/c1-6-25(32-14(3)27)20(29)12-16-21-15(7-10-24(16,25)5)23(4)9-8-19(31-13(2)26)22(30)17(23)11-18(21)28/h1,11,15-16,18-22,28-30H,7-10,12H2,2-5H3/t15-,16+,18?,19?,20?,21-,22?,23-,24+,25?/m1/s1. The second-order valence-electron chi connectivity index (χ2n) is 10.6. The quantitative estimate of drug-likeness (QED) is 0.336. The average molecular weight is 447 g/mol. The maximum absolute atomic E-state index is 11.9. The van der Waals surface area contributed by atoms with Crippen molar-refractivity contribution in [2.75, 3.05) is 0 Å². The van der Waals surface area contributed by atoms with Crippen LogP contribution in [0.25, 0.3) is 0 Å². The van der Waals surface area contributed by atoms with E-state index in [2.05, 4.69) is 12.8 Å². The molecule has 3 saturated carbocycles. The summed E-state index contributed by atoms with van der Waals surface area (Å²) in [6, 6.07) is 0. The Hall–Kier alpha value is -1.88. The van der Waals surface area contributed by atoms with Gasteiger partial charge in [-0.15, -0.1) is 6.42 Å². The highest BCUT2D eigenvalue weighted by Crippen LogP contribution is 2.67. The van der Waals surface area contributed by atoms with Gasteiger partial charge in [-0.3, -0.25) is 9.59 Å². The van der Waals surface area contributed by atoms with Gasteiger partial charge < -0.3 is 24.8 Å². The van der Waals surface area contributed by atoms with Crippen molar-refractivity contribution in [3.63, 3.8) is 0 Å². The van der Waals surface area contributed by atoms with Crippen LogP contribution in [0, 0.1) is 40.9 Å². The van der Waals surface area contributed by atoms with Gasteiger partial charge in [0.25, 0.3) is 0 Å². The molecular formula is C25H34O7. The average Bonchev–Trinajstić information content (AvgIpc) is 2.92. The lowest BCUT2D eigenvalue weighted by molar-refractivity contribution is -0.183. The predicted molar refractivity (Wildman–Crippen MR) is 115 cm³/mol. The molecule has 4 rings (SSSR count). The van der Waals surface area contributed by atoms with Crippen molar-refractivity contribution in [1.82, 2.24) is 0 Å². The molecule has 0 amide bonds. The number of hydrogen-bond donors (Lipinski definition) is 3. The molecule has 10 atom stereocenters. The van der Waals surface area contributed by atoms with E-state index < -0.39 is 47.4 Å². The molecule has 32 heavy (non-hydrogen) atoms. The number of rotatable bonds is 2. The Labute approximate surface area is 189 Å². The Morgan fingerprint density at radius 1 is 1.09 bits per heavy atom. The molecule has 0 aromatic carbocycles. The molecule has 7 heteroatoms. The number of carbonyl (C=O) groups excluding carboxylic acids is 2. The van der Waals surface area contributed by atoms with E-state index in [0.29, 0.717) is 25.7 Å². The molecule has 3 N–H and O–H groups in total. The van der Waals surface area contributed by atoms with Crippen LogP contribution in [0.4, 0.5) is 0 Å². The first-order chi connectivity index (χ1) is 14.9. The zero-order valence-corrected chi connectivity index (χ0v) is 19.2. The summed E-state index contributed by atoms with van der Waals surface area (Å²) in [7, 11) is 0. The third-order valence-corrected chi connectivity index (χ3v) is 9.20. The highest BCUT2D eigenvalue weighted by Gasteiger charge is 2.70. The van der Waals surface area contributed by atoms with Gasteiger partial charge in [-0.1, -0.05) is 25.8 Å². The molecule has 0 saturated heterocycles. The number of fused-ring (bicyclic) bond motifs is 5. The molecule has 0 bridgehead atoms. The van der Waals surface area contributed by atoms with Gasteiger partial charge in [-0.2, -0.15) is 0 Å². The number of aliphatic hydroxyl groups is 3. The first kappa shape index (κ1) is 23.3. The van der Waals surface area contributed by atoms with Gasteiger partial charge in [-0.05, 0) is 60.8 Å². The second-order valence-corrected chi connectivity index (χ2v) is 10.6. The zero-order chi connectivity index (χ0) is 23.6. The van der Waals surface area contributed by atoms with Crippen molar-refractivity contribution in [2.45, 2.75) is 89.8 Å². The molecule has 0 heterocycles. The molecule has 0 aromatic heterocycles. The van der Waals surface area contributed by atoms with Gasteiger partial charge in [0.15, 0.2) is 0 Å². The second kappa shape index (κ2) is 7.58. The van der Waals surface area contributed by atoms with Crippen LogP contribution in [-0.4, -0.2) is 57.3 Å². The number of ether oxygens (including phenoxy) is 2. The van der Waals surface area contributed by atoms with Crippen molar-refractivity contribution >= 4 is 11.9 Å². The maximum atomic E-state index is 11.9. The Kier molecular flexibility index (Phi) is 5.51. The molecular weight excluding hydrogens is 412 g/mol. The minimum Gasteiger partial charge on any atom is -0.459 e. The van der Waals surface area contributed by atoms with Gasteiger partial charge in [0.2, 0.25) is 5.60 Å². The van der Waals surface area contributed by atoms with Crippen molar-refractivity contribution in [3.8, 4) is 12.3 Å². The van der Waals surface area contributed by atoms with Crippen LogP contribution >= 0.6 is 0 Å². The van der Waals surface area contributed by atoms with E-state index in [0.717, 1.165) is 12.0 Å². The van der Waals surface area contributed by atoms with Crippen molar-refractivity contribution < 1.29 is 34.4 Å². The fourth-order valence-corrected chi connectivity index (χ4v) is 7.73. The Bertz CT molecular complexity index is 889. The lowest BCUT2D eigenvalue weighted by Gasteiger charge is -2.60. The number of esters is 2. The first-order valence-corrected chi connectivity index (χ1v) is 11.5. The fraction of sp³-hybridized carbons (Fsp3) is 0.760. The molecule has 7 nitrogen and oxygen atoms in total. The van der Waals surface area contributed by atoms with Gasteiger partial charge >= 0.3 is 11.9 Å². The maximum Gasteiger partial charge on any atom is 0.304 e. The highest BCUT2D eigenvalue weighted by molar-refractivity contribution is 5.67. The van der Waals surface area contributed by atoms with Crippen LogP contribution in [0.3, 0.4) is 0 Å². The van der Waals surface area contributed by atoms with E-state index in [1.807, 2.05) is 6.92 Å². The van der Waals surface area contributed by atoms with Crippen LogP contribution < -0.4 is 0 Å². The molecule has 0 spiro atoms. The lowest BCUT2D eigenvalue weighted by Crippen LogP contribution is -2.60. The van der Waals surface area contributed by atoms with E-state index in [4.69, 9.17) is 15.9 Å². The fourth-order valence-electron chi connectivity index (χ4n) is 7.73. The summed E-state index contributed by atoms with van der Waals surface area (Å²) in [5, 5.41) is 33.3. The normalized spacial score (nSPS) is 49.6. The molecule has 5 unspecified atom stereocenters. The van der Waals surface area contributed by atoms with Crippen LogP contribution in [0.1, 0.15) is 59.8 Å². The summed E-state index contributed by atoms with van der Waals surface area (Å²) >= 11 is 0. The van der Waals surface area contributed by atoms with E-state index in [1.165, 1.54) is 13.8 Å². The summed E-state index contributed by atoms with van der Waals surface area (Å²) in [5.41, 5.74) is -1.74.